The van der Waals surface area contributed by atoms with Crippen molar-refractivity contribution < 1.29 is 33.0 Å². The van der Waals surface area contributed by atoms with Crippen LogP contribution in [0.25, 0.3) is 5.69 Å². The summed E-state index contributed by atoms with van der Waals surface area (Å²) in [5.41, 5.74) is 0.327. The monoisotopic (exact) mass is 497 g/mol. The van der Waals surface area contributed by atoms with Crippen LogP contribution in [0.4, 0.5) is 25.1 Å². The van der Waals surface area contributed by atoms with Crippen molar-refractivity contribution in [3.05, 3.63) is 78.0 Å². The van der Waals surface area contributed by atoms with Gasteiger partial charge in [-0.25, -0.2) is 13.6 Å². The lowest BCUT2D eigenvalue weighted by Gasteiger charge is -2.17. The van der Waals surface area contributed by atoms with E-state index in [1.807, 2.05) is 31.2 Å². The molecule has 188 valence electrons. The van der Waals surface area contributed by atoms with Crippen molar-refractivity contribution in [2.45, 2.75) is 32.8 Å². The van der Waals surface area contributed by atoms with Crippen LogP contribution in [0.3, 0.4) is 0 Å². The number of ether oxygens (including phenoxy) is 1. The van der Waals surface area contributed by atoms with Gasteiger partial charge in [-0.15, -0.1) is 0 Å². The molecule has 0 spiro atoms. The van der Waals surface area contributed by atoms with E-state index >= 15 is 0 Å². The summed E-state index contributed by atoms with van der Waals surface area (Å²) in [4.78, 5) is 36.0. The second-order valence-electron chi connectivity index (χ2n) is 8.89. The molecule has 4 rings (SSSR count). The summed E-state index contributed by atoms with van der Waals surface area (Å²) in [6.45, 7) is 4.58. The molecule has 1 aromatic heterocycles. The van der Waals surface area contributed by atoms with E-state index in [0.717, 1.165) is 18.1 Å². The Morgan fingerprint density at radius 3 is 2.31 bits per heavy atom. The summed E-state index contributed by atoms with van der Waals surface area (Å²) in [5.74, 6) is -7.92. The molecule has 36 heavy (non-hydrogen) atoms. The molecule has 3 atom stereocenters. The zero-order valence-electron chi connectivity index (χ0n) is 19.8. The number of aromatic nitrogens is 1. The number of hydrogen-bond acceptors (Lipinski definition) is 4. The van der Waals surface area contributed by atoms with Gasteiger partial charge >= 0.3 is 12.1 Å². The number of anilines is 2. The molecular formula is C26H25F2N3O5. The van der Waals surface area contributed by atoms with Crippen LogP contribution < -0.4 is 10.6 Å². The van der Waals surface area contributed by atoms with E-state index in [0.29, 0.717) is 11.5 Å². The highest BCUT2D eigenvalue weighted by Gasteiger charge is 2.85. The maximum absolute atomic E-state index is 14.0. The zero-order valence-corrected chi connectivity index (χ0v) is 19.8. The molecule has 0 radical (unpaired) electrons. The zero-order chi connectivity index (χ0) is 26.3. The molecule has 8 nitrogen and oxygen atoms in total. The number of benzene rings is 2. The van der Waals surface area contributed by atoms with E-state index in [9.17, 15) is 23.2 Å². The van der Waals surface area contributed by atoms with E-state index < -0.39 is 41.3 Å². The molecule has 0 bridgehead atoms. The molecule has 2 amide bonds. The molecular weight excluding hydrogens is 472 g/mol. The lowest BCUT2D eigenvalue weighted by molar-refractivity contribution is -0.147. The molecule has 2 aromatic carbocycles. The molecule has 0 saturated heterocycles. The molecule has 3 aromatic rings. The van der Waals surface area contributed by atoms with Crippen LogP contribution >= 0.6 is 0 Å². The number of hydrogen-bond donors (Lipinski definition) is 3. The number of nitrogens with one attached hydrogen (secondary N) is 2. The highest BCUT2D eigenvalue weighted by atomic mass is 19.3. The lowest BCUT2D eigenvalue weighted by Crippen LogP contribution is -2.22. The highest BCUT2D eigenvalue weighted by Crippen LogP contribution is 2.66. The smallest absolute Gasteiger partial charge is 0.413 e. The summed E-state index contributed by atoms with van der Waals surface area (Å²) >= 11 is 0. The minimum Gasteiger partial charge on any atom is -0.481 e. The second kappa shape index (κ2) is 9.10. The minimum absolute atomic E-state index is 0.229. The third-order valence-corrected chi connectivity index (χ3v) is 6.56. The van der Waals surface area contributed by atoms with Crippen molar-refractivity contribution in [1.82, 2.24) is 4.57 Å². The van der Waals surface area contributed by atoms with Crippen LogP contribution in [0.1, 0.15) is 31.1 Å². The van der Waals surface area contributed by atoms with Crippen molar-refractivity contribution in [1.29, 1.82) is 0 Å². The van der Waals surface area contributed by atoms with Gasteiger partial charge in [0.05, 0.1) is 0 Å². The van der Waals surface area contributed by atoms with Crippen LogP contribution in [-0.4, -0.2) is 33.6 Å². The molecule has 0 aliphatic heterocycles. The molecule has 10 heteroatoms. The van der Waals surface area contributed by atoms with E-state index in [1.54, 1.807) is 42.0 Å². The first kappa shape index (κ1) is 24.9. The predicted octanol–water partition coefficient (Wildman–Crippen LogP) is 5.39. The third kappa shape index (κ3) is 4.30. The molecule has 3 N–H and O–H groups in total. The van der Waals surface area contributed by atoms with Gasteiger partial charge in [0.1, 0.15) is 23.3 Å². The van der Waals surface area contributed by atoms with E-state index in [4.69, 9.17) is 9.84 Å². The number of rotatable bonds is 7. The Hall–Kier alpha value is -4.21. The van der Waals surface area contributed by atoms with Crippen LogP contribution in [0, 0.1) is 18.3 Å². The van der Waals surface area contributed by atoms with Gasteiger partial charge in [-0.1, -0.05) is 24.3 Å². The first-order valence-electron chi connectivity index (χ1n) is 11.2. The number of halogens is 2. The summed E-state index contributed by atoms with van der Waals surface area (Å²) in [7, 11) is 0. The Bertz CT molecular complexity index is 1320. The van der Waals surface area contributed by atoms with Crippen molar-refractivity contribution in [3.63, 3.8) is 0 Å². The Labute approximate surface area is 205 Å². The summed E-state index contributed by atoms with van der Waals surface area (Å²) in [6.07, 6.45) is 0.609. The SMILES string of the molecule is Cc1ccccc1[C@@H](C)OC(=O)Nc1cccn1-c1ccc(NC(=O)[C@H]2C(F)(F)[C@]2(C)C(=O)O)cc1. The Kier molecular flexibility index (Phi) is 6.30. The van der Waals surface area contributed by atoms with E-state index in [2.05, 4.69) is 10.6 Å². The van der Waals surface area contributed by atoms with Crippen molar-refractivity contribution in [2.24, 2.45) is 11.3 Å². The second-order valence-corrected chi connectivity index (χ2v) is 8.89. The first-order valence-corrected chi connectivity index (χ1v) is 11.2. The van der Waals surface area contributed by atoms with Crippen molar-refractivity contribution in [2.75, 3.05) is 10.6 Å². The fourth-order valence-electron chi connectivity index (χ4n) is 4.25. The quantitative estimate of drug-likeness (QED) is 0.406. The third-order valence-electron chi connectivity index (χ3n) is 6.56. The summed E-state index contributed by atoms with van der Waals surface area (Å²) in [6, 6.07) is 17.2. The van der Waals surface area contributed by atoms with Crippen molar-refractivity contribution in [3.8, 4) is 5.69 Å². The fourth-order valence-corrected chi connectivity index (χ4v) is 4.25. The number of nitrogens with zero attached hydrogens (tertiary/aromatic N) is 1. The number of carbonyl (C=O) groups is 3. The highest BCUT2D eigenvalue weighted by molar-refractivity contribution is 6.02. The van der Waals surface area contributed by atoms with Gasteiger partial charge in [0.2, 0.25) is 5.91 Å². The van der Waals surface area contributed by atoms with Gasteiger partial charge in [0.25, 0.3) is 5.92 Å². The van der Waals surface area contributed by atoms with Crippen molar-refractivity contribution >= 4 is 29.5 Å². The Morgan fingerprint density at radius 2 is 1.69 bits per heavy atom. The lowest BCUT2D eigenvalue weighted by atomic mass is 10.1. The number of carboxylic acid groups (broad SMARTS) is 1. The molecule has 1 saturated carbocycles. The molecule has 1 fully saturated rings. The van der Waals surface area contributed by atoms with Gasteiger partial charge < -0.3 is 19.7 Å². The number of amides is 2. The van der Waals surface area contributed by atoms with Gasteiger partial charge in [0.15, 0.2) is 0 Å². The van der Waals surface area contributed by atoms with Crippen LogP contribution in [0.15, 0.2) is 66.9 Å². The number of carbonyl (C=O) groups excluding carboxylic acids is 2. The number of carboxylic acids is 1. The molecule has 1 heterocycles. The van der Waals surface area contributed by atoms with Gasteiger partial charge in [-0.05, 0) is 68.3 Å². The summed E-state index contributed by atoms with van der Waals surface area (Å²) < 4.78 is 35.1. The van der Waals surface area contributed by atoms with E-state index in [1.165, 1.54) is 12.1 Å². The largest absolute Gasteiger partial charge is 0.481 e. The Morgan fingerprint density at radius 1 is 1.03 bits per heavy atom. The predicted molar refractivity (Wildman–Crippen MR) is 128 cm³/mol. The van der Waals surface area contributed by atoms with Crippen LogP contribution in [0.5, 0.6) is 0 Å². The average molecular weight is 497 g/mol. The molecule has 1 aliphatic rings. The molecule has 0 unspecified atom stereocenters. The maximum Gasteiger partial charge on any atom is 0.413 e. The fraction of sp³-hybridized carbons (Fsp3) is 0.269. The number of aliphatic carboxylic acids is 1. The van der Waals surface area contributed by atoms with E-state index in [-0.39, 0.29) is 5.69 Å². The van der Waals surface area contributed by atoms with Gasteiger partial charge in [-0.2, -0.15) is 0 Å². The number of alkyl halides is 2. The standard InChI is InChI=1S/C26H25F2N3O5/c1-15-7-4-5-8-19(15)16(2)36-24(35)30-20-9-6-14-31(20)18-12-10-17(11-13-18)29-22(32)21-25(3,23(33)34)26(21,27)28/h4-14,16,21H,1-3H3,(H,29,32)(H,30,35)(H,33,34)/t16-,21-,25+/m1/s1. The minimum atomic E-state index is -3.63. The van der Waals surface area contributed by atoms with Crippen LogP contribution in [-0.2, 0) is 14.3 Å². The maximum atomic E-state index is 14.0. The Balaban J connectivity index is 1.41. The van der Waals surface area contributed by atoms with Crippen LogP contribution in [0.2, 0.25) is 0 Å². The molecule has 1 aliphatic carbocycles. The topological polar surface area (TPSA) is 110 Å². The summed E-state index contributed by atoms with van der Waals surface area (Å²) in [5, 5.41) is 14.1. The average Bonchev–Trinajstić information content (AvgIpc) is 3.08. The normalized spacial score (nSPS) is 20.8. The van der Waals surface area contributed by atoms with Gasteiger partial charge in [0, 0.05) is 17.6 Å². The number of aryl methyl sites for hydroxylation is 1. The van der Waals surface area contributed by atoms with Gasteiger partial charge in [-0.3, -0.25) is 14.9 Å². The first-order chi connectivity index (χ1) is 17.0.